The number of carbonyl (C=O) groups excluding carboxylic acids is 1. The van der Waals surface area contributed by atoms with Crippen LogP contribution in [0.15, 0.2) is 28.9 Å². The summed E-state index contributed by atoms with van der Waals surface area (Å²) >= 11 is 3.40. The van der Waals surface area contributed by atoms with Gasteiger partial charge < -0.3 is 5.32 Å². The van der Waals surface area contributed by atoms with Gasteiger partial charge in [0.25, 0.3) is 5.91 Å². The van der Waals surface area contributed by atoms with Crippen molar-refractivity contribution < 1.29 is 4.79 Å². The second-order valence-corrected chi connectivity index (χ2v) is 5.88. The van der Waals surface area contributed by atoms with Crippen LogP contribution in [0.1, 0.15) is 40.1 Å². The highest BCUT2D eigenvalue weighted by molar-refractivity contribution is 9.10. The molecule has 5 heteroatoms. The number of carbonyl (C=O) groups is 1. The van der Waals surface area contributed by atoms with Crippen molar-refractivity contribution in [3.8, 4) is 0 Å². The molecule has 0 bridgehead atoms. The lowest BCUT2D eigenvalue weighted by atomic mass is 10.1. The van der Waals surface area contributed by atoms with Crippen LogP contribution in [-0.2, 0) is 7.05 Å². The Balaban J connectivity index is 2.19. The van der Waals surface area contributed by atoms with Crippen molar-refractivity contribution in [2.45, 2.75) is 26.8 Å². The van der Waals surface area contributed by atoms with E-state index in [-0.39, 0.29) is 11.9 Å². The zero-order valence-corrected chi connectivity index (χ0v) is 13.7. The molecule has 1 amide bonds. The molecule has 1 N–H and O–H groups in total. The van der Waals surface area contributed by atoms with Crippen LogP contribution in [0, 0.1) is 13.8 Å². The number of amides is 1. The Morgan fingerprint density at radius 3 is 2.70 bits per heavy atom. The van der Waals surface area contributed by atoms with Gasteiger partial charge in [-0.15, -0.1) is 0 Å². The van der Waals surface area contributed by atoms with Crippen LogP contribution in [0.5, 0.6) is 0 Å². The van der Waals surface area contributed by atoms with Crippen molar-refractivity contribution in [1.82, 2.24) is 15.1 Å². The van der Waals surface area contributed by atoms with Crippen LogP contribution in [0.25, 0.3) is 0 Å². The smallest absolute Gasteiger partial charge is 0.252 e. The molecule has 1 atom stereocenters. The first-order chi connectivity index (χ1) is 9.40. The topological polar surface area (TPSA) is 46.9 Å². The molecule has 1 aromatic heterocycles. The van der Waals surface area contributed by atoms with E-state index in [0.717, 1.165) is 21.3 Å². The van der Waals surface area contributed by atoms with Gasteiger partial charge in [0.15, 0.2) is 0 Å². The molecule has 0 aliphatic rings. The van der Waals surface area contributed by atoms with Gasteiger partial charge in [0.05, 0.1) is 12.2 Å². The fourth-order valence-electron chi connectivity index (χ4n) is 2.13. The molecule has 4 nitrogen and oxygen atoms in total. The van der Waals surface area contributed by atoms with E-state index in [9.17, 15) is 4.79 Å². The van der Waals surface area contributed by atoms with Gasteiger partial charge >= 0.3 is 0 Å². The zero-order chi connectivity index (χ0) is 14.9. The molecule has 1 aromatic carbocycles. The molecule has 0 spiro atoms. The number of rotatable bonds is 3. The Morgan fingerprint density at radius 2 is 2.10 bits per heavy atom. The SMILES string of the molecule is Cc1ccc(Br)cc1C(=O)NC(C)c1cnn(C)c1C. The molecule has 0 saturated heterocycles. The van der Waals surface area contributed by atoms with Crippen LogP contribution in [0.4, 0.5) is 0 Å². The first-order valence-corrected chi connectivity index (χ1v) is 7.25. The minimum atomic E-state index is -0.0745. The summed E-state index contributed by atoms with van der Waals surface area (Å²) in [6.45, 7) is 5.89. The average molecular weight is 336 g/mol. The van der Waals surface area contributed by atoms with E-state index in [0.29, 0.717) is 5.56 Å². The molecule has 1 unspecified atom stereocenters. The molecule has 106 valence electrons. The maximum atomic E-state index is 12.4. The molecule has 0 aliphatic heterocycles. The summed E-state index contributed by atoms with van der Waals surface area (Å²) in [6, 6.07) is 5.63. The summed E-state index contributed by atoms with van der Waals surface area (Å²) in [5.74, 6) is -0.0699. The van der Waals surface area contributed by atoms with Gasteiger partial charge in [-0.3, -0.25) is 9.48 Å². The van der Waals surface area contributed by atoms with Gasteiger partial charge in [0.2, 0.25) is 0 Å². The predicted octanol–water partition coefficient (Wildman–Crippen LogP) is 3.29. The highest BCUT2D eigenvalue weighted by Gasteiger charge is 2.16. The summed E-state index contributed by atoms with van der Waals surface area (Å²) in [7, 11) is 1.89. The highest BCUT2D eigenvalue weighted by atomic mass is 79.9. The summed E-state index contributed by atoms with van der Waals surface area (Å²) in [6.07, 6.45) is 1.80. The number of aryl methyl sites for hydroxylation is 2. The van der Waals surface area contributed by atoms with Gasteiger partial charge in [-0.05, 0) is 38.5 Å². The van der Waals surface area contributed by atoms with E-state index in [1.54, 1.807) is 6.20 Å². The third kappa shape index (κ3) is 2.93. The summed E-state index contributed by atoms with van der Waals surface area (Å²) < 4.78 is 2.71. The summed E-state index contributed by atoms with van der Waals surface area (Å²) in [5.41, 5.74) is 3.74. The van der Waals surface area contributed by atoms with Gasteiger partial charge in [-0.2, -0.15) is 5.10 Å². The Kier molecular flexibility index (Phi) is 4.28. The van der Waals surface area contributed by atoms with Crippen molar-refractivity contribution in [2.75, 3.05) is 0 Å². The Labute approximate surface area is 127 Å². The first kappa shape index (κ1) is 14.8. The van der Waals surface area contributed by atoms with Crippen molar-refractivity contribution >= 4 is 21.8 Å². The van der Waals surface area contributed by atoms with Gasteiger partial charge in [-0.1, -0.05) is 22.0 Å². The van der Waals surface area contributed by atoms with Crippen molar-refractivity contribution in [3.05, 3.63) is 51.3 Å². The summed E-state index contributed by atoms with van der Waals surface area (Å²) in [5, 5.41) is 7.23. The minimum Gasteiger partial charge on any atom is -0.345 e. The summed E-state index contributed by atoms with van der Waals surface area (Å²) in [4.78, 5) is 12.4. The Bertz CT molecular complexity index is 649. The number of nitrogens with one attached hydrogen (secondary N) is 1. The van der Waals surface area contributed by atoms with E-state index < -0.39 is 0 Å². The maximum Gasteiger partial charge on any atom is 0.252 e. The Hall–Kier alpha value is -1.62. The van der Waals surface area contributed by atoms with E-state index in [2.05, 4.69) is 26.3 Å². The highest BCUT2D eigenvalue weighted by Crippen LogP contribution is 2.19. The molecule has 2 aromatic rings. The van der Waals surface area contributed by atoms with E-state index >= 15 is 0 Å². The molecular weight excluding hydrogens is 318 g/mol. The van der Waals surface area contributed by atoms with E-state index in [1.807, 2.05) is 50.7 Å². The minimum absolute atomic E-state index is 0.0699. The standard InChI is InChI=1S/C15H18BrN3O/c1-9-5-6-12(16)7-13(9)15(20)18-10(2)14-8-17-19(4)11(14)3/h5-8,10H,1-4H3,(H,18,20). The first-order valence-electron chi connectivity index (χ1n) is 6.45. The number of benzene rings is 1. The molecular formula is C15H18BrN3O. The number of aromatic nitrogens is 2. The van der Waals surface area contributed by atoms with Gasteiger partial charge in [0, 0.05) is 28.3 Å². The number of hydrogen-bond donors (Lipinski definition) is 1. The molecule has 0 radical (unpaired) electrons. The number of halogens is 1. The monoisotopic (exact) mass is 335 g/mol. The van der Waals surface area contributed by atoms with E-state index in [4.69, 9.17) is 0 Å². The average Bonchev–Trinajstić information content (AvgIpc) is 2.73. The van der Waals surface area contributed by atoms with Crippen LogP contribution in [-0.4, -0.2) is 15.7 Å². The molecule has 0 fully saturated rings. The second-order valence-electron chi connectivity index (χ2n) is 4.96. The lowest BCUT2D eigenvalue weighted by molar-refractivity contribution is 0.0939. The normalized spacial score (nSPS) is 12.2. The number of nitrogens with zero attached hydrogens (tertiary/aromatic N) is 2. The fraction of sp³-hybridized carbons (Fsp3) is 0.333. The van der Waals surface area contributed by atoms with Gasteiger partial charge in [-0.25, -0.2) is 0 Å². The molecule has 0 aliphatic carbocycles. The van der Waals surface area contributed by atoms with Crippen molar-refractivity contribution in [3.63, 3.8) is 0 Å². The van der Waals surface area contributed by atoms with Crippen molar-refractivity contribution in [2.24, 2.45) is 7.05 Å². The molecule has 20 heavy (non-hydrogen) atoms. The van der Waals surface area contributed by atoms with Crippen LogP contribution in [0.2, 0.25) is 0 Å². The molecule has 0 saturated carbocycles. The number of hydrogen-bond acceptors (Lipinski definition) is 2. The zero-order valence-electron chi connectivity index (χ0n) is 12.1. The van der Waals surface area contributed by atoms with E-state index in [1.165, 1.54) is 0 Å². The van der Waals surface area contributed by atoms with Gasteiger partial charge in [0.1, 0.15) is 0 Å². The lowest BCUT2D eigenvalue weighted by Crippen LogP contribution is -2.27. The van der Waals surface area contributed by atoms with Crippen LogP contribution >= 0.6 is 15.9 Å². The molecule has 1 heterocycles. The predicted molar refractivity (Wildman–Crippen MR) is 82.7 cm³/mol. The largest absolute Gasteiger partial charge is 0.345 e. The third-order valence-electron chi connectivity index (χ3n) is 3.53. The quantitative estimate of drug-likeness (QED) is 0.935. The fourth-order valence-corrected chi connectivity index (χ4v) is 2.49. The second kappa shape index (κ2) is 5.79. The molecule has 2 rings (SSSR count). The lowest BCUT2D eigenvalue weighted by Gasteiger charge is -2.15. The van der Waals surface area contributed by atoms with Crippen molar-refractivity contribution in [1.29, 1.82) is 0 Å². The maximum absolute atomic E-state index is 12.4. The van der Waals surface area contributed by atoms with Crippen LogP contribution < -0.4 is 5.32 Å². The third-order valence-corrected chi connectivity index (χ3v) is 4.02. The Morgan fingerprint density at radius 1 is 1.40 bits per heavy atom. The van der Waals surface area contributed by atoms with Crippen LogP contribution in [0.3, 0.4) is 0 Å².